The molecule has 0 aromatic carbocycles. The van der Waals surface area contributed by atoms with Crippen LogP contribution in [-0.4, -0.2) is 11.0 Å². The standard InChI is InChI=1S/C11H21N3S/c1-5-7(2)10(14-12)6-11-13-8(3)9(4)15-11/h7,10,14H,5-6,12H2,1-4H3. The average molecular weight is 227 g/mol. The Morgan fingerprint density at radius 1 is 1.47 bits per heavy atom. The first-order valence-corrected chi connectivity index (χ1v) is 6.29. The Morgan fingerprint density at radius 3 is 2.53 bits per heavy atom. The molecule has 1 heterocycles. The fraction of sp³-hybridized carbons (Fsp3) is 0.727. The van der Waals surface area contributed by atoms with Gasteiger partial charge in [0, 0.05) is 17.3 Å². The van der Waals surface area contributed by atoms with Gasteiger partial charge in [-0.15, -0.1) is 11.3 Å². The van der Waals surface area contributed by atoms with Gasteiger partial charge in [-0.2, -0.15) is 0 Å². The van der Waals surface area contributed by atoms with E-state index in [1.54, 1.807) is 11.3 Å². The van der Waals surface area contributed by atoms with E-state index in [1.165, 1.54) is 9.88 Å². The Labute approximate surface area is 96.1 Å². The number of aryl methyl sites for hydroxylation is 2. The number of nitrogens with zero attached hydrogens (tertiary/aromatic N) is 1. The monoisotopic (exact) mass is 227 g/mol. The molecule has 0 amide bonds. The van der Waals surface area contributed by atoms with Crippen LogP contribution in [0.4, 0.5) is 0 Å². The minimum absolute atomic E-state index is 0.333. The molecule has 2 atom stereocenters. The third-order valence-corrected chi connectivity index (χ3v) is 4.11. The molecule has 3 N–H and O–H groups in total. The van der Waals surface area contributed by atoms with Gasteiger partial charge in [-0.1, -0.05) is 20.3 Å². The van der Waals surface area contributed by atoms with E-state index >= 15 is 0 Å². The number of nitrogens with two attached hydrogens (primary N) is 1. The Morgan fingerprint density at radius 2 is 2.13 bits per heavy atom. The zero-order valence-electron chi connectivity index (χ0n) is 10.0. The second-order valence-corrected chi connectivity index (χ2v) is 5.40. The first-order valence-electron chi connectivity index (χ1n) is 5.47. The molecule has 1 aromatic heterocycles. The zero-order chi connectivity index (χ0) is 11.4. The van der Waals surface area contributed by atoms with Gasteiger partial charge >= 0.3 is 0 Å². The molecule has 0 fully saturated rings. The molecule has 3 nitrogen and oxygen atoms in total. The summed E-state index contributed by atoms with van der Waals surface area (Å²) in [4.78, 5) is 5.85. The number of hydrazine groups is 1. The summed E-state index contributed by atoms with van der Waals surface area (Å²) in [7, 11) is 0. The number of aromatic nitrogens is 1. The van der Waals surface area contributed by atoms with Crippen molar-refractivity contribution in [1.29, 1.82) is 0 Å². The molecule has 0 bridgehead atoms. The van der Waals surface area contributed by atoms with Gasteiger partial charge in [0.2, 0.25) is 0 Å². The van der Waals surface area contributed by atoms with E-state index in [1.807, 2.05) is 0 Å². The van der Waals surface area contributed by atoms with Crippen LogP contribution in [0.5, 0.6) is 0 Å². The van der Waals surface area contributed by atoms with Crippen molar-refractivity contribution in [3.8, 4) is 0 Å². The molecule has 1 rings (SSSR count). The first-order chi connectivity index (χ1) is 7.08. The second kappa shape index (κ2) is 5.58. The highest BCUT2D eigenvalue weighted by Crippen LogP contribution is 2.20. The lowest BCUT2D eigenvalue weighted by Gasteiger charge is -2.20. The fourth-order valence-electron chi connectivity index (χ4n) is 1.52. The second-order valence-electron chi connectivity index (χ2n) is 4.11. The van der Waals surface area contributed by atoms with Gasteiger partial charge < -0.3 is 0 Å². The van der Waals surface area contributed by atoms with Crippen molar-refractivity contribution in [2.24, 2.45) is 11.8 Å². The highest BCUT2D eigenvalue weighted by atomic mass is 32.1. The summed E-state index contributed by atoms with van der Waals surface area (Å²) in [5.41, 5.74) is 4.04. The summed E-state index contributed by atoms with van der Waals surface area (Å²) in [5, 5.41) is 1.19. The molecule has 0 saturated heterocycles. The minimum atomic E-state index is 0.333. The maximum Gasteiger partial charge on any atom is 0.0947 e. The topological polar surface area (TPSA) is 50.9 Å². The van der Waals surface area contributed by atoms with Crippen molar-refractivity contribution in [3.63, 3.8) is 0 Å². The van der Waals surface area contributed by atoms with Gasteiger partial charge in [-0.3, -0.25) is 11.3 Å². The van der Waals surface area contributed by atoms with Crippen LogP contribution in [0.15, 0.2) is 0 Å². The van der Waals surface area contributed by atoms with Crippen LogP contribution in [0.25, 0.3) is 0 Å². The average Bonchev–Trinajstić information content (AvgIpc) is 2.53. The van der Waals surface area contributed by atoms with Crippen LogP contribution in [0.3, 0.4) is 0 Å². The van der Waals surface area contributed by atoms with E-state index in [-0.39, 0.29) is 0 Å². The van der Waals surface area contributed by atoms with Crippen molar-refractivity contribution < 1.29 is 0 Å². The van der Waals surface area contributed by atoms with Crippen LogP contribution in [0.2, 0.25) is 0 Å². The van der Waals surface area contributed by atoms with Gasteiger partial charge in [-0.25, -0.2) is 4.98 Å². The van der Waals surface area contributed by atoms with Gasteiger partial charge in [0.25, 0.3) is 0 Å². The largest absolute Gasteiger partial charge is 0.271 e. The normalized spacial score (nSPS) is 15.3. The van der Waals surface area contributed by atoms with E-state index in [0.29, 0.717) is 12.0 Å². The lowest BCUT2D eigenvalue weighted by atomic mass is 9.97. The molecular formula is C11H21N3S. The predicted molar refractivity (Wildman–Crippen MR) is 65.9 cm³/mol. The molecule has 0 aliphatic heterocycles. The first kappa shape index (κ1) is 12.6. The summed E-state index contributed by atoms with van der Waals surface area (Å²) >= 11 is 1.78. The molecule has 0 spiro atoms. The lowest BCUT2D eigenvalue weighted by Crippen LogP contribution is -2.41. The highest BCUT2D eigenvalue weighted by molar-refractivity contribution is 7.11. The number of hydrogen-bond donors (Lipinski definition) is 2. The summed E-state index contributed by atoms with van der Waals surface area (Å²) in [6.07, 6.45) is 2.07. The van der Waals surface area contributed by atoms with Gasteiger partial charge in [0.15, 0.2) is 0 Å². The van der Waals surface area contributed by atoms with Gasteiger partial charge in [0.1, 0.15) is 0 Å². The predicted octanol–water partition coefficient (Wildman–Crippen LogP) is 2.18. The van der Waals surface area contributed by atoms with Crippen LogP contribution in [0.1, 0.15) is 35.8 Å². The maximum absolute atomic E-state index is 5.57. The lowest BCUT2D eigenvalue weighted by molar-refractivity contribution is 0.369. The number of thiazole rings is 1. The number of nitrogens with one attached hydrogen (secondary N) is 1. The van der Waals surface area contributed by atoms with E-state index < -0.39 is 0 Å². The molecule has 2 unspecified atom stereocenters. The molecular weight excluding hydrogens is 206 g/mol. The molecule has 4 heteroatoms. The zero-order valence-corrected chi connectivity index (χ0v) is 10.8. The third kappa shape index (κ3) is 3.26. The third-order valence-electron chi connectivity index (χ3n) is 3.01. The van der Waals surface area contributed by atoms with Crippen molar-refractivity contribution in [2.45, 2.75) is 46.6 Å². The number of rotatable bonds is 5. The Balaban J connectivity index is 2.66. The molecule has 0 aliphatic rings. The quantitative estimate of drug-likeness (QED) is 0.599. The van der Waals surface area contributed by atoms with E-state index in [9.17, 15) is 0 Å². The molecule has 0 saturated carbocycles. The van der Waals surface area contributed by atoms with E-state index in [4.69, 9.17) is 5.84 Å². The molecule has 15 heavy (non-hydrogen) atoms. The van der Waals surface area contributed by atoms with Crippen LogP contribution in [-0.2, 0) is 6.42 Å². The van der Waals surface area contributed by atoms with Crippen LogP contribution >= 0.6 is 11.3 Å². The Kier molecular flexibility index (Phi) is 4.70. The van der Waals surface area contributed by atoms with Gasteiger partial charge in [-0.05, 0) is 19.8 Å². The minimum Gasteiger partial charge on any atom is -0.271 e. The SMILES string of the molecule is CCC(C)C(Cc1nc(C)c(C)s1)NN. The summed E-state index contributed by atoms with van der Waals surface area (Å²) in [5.74, 6) is 6.15. The van der Waals surface area contributed by atoms with Crippen LogP contribution < -0.4 is 11.3 Å². The molecule has 0 aliphatic carbocycles. The van der Waals surface area contributed by atoms with E-state index in [0.717, 1.165) is 18.5 Å². The Bertz CT molecular complexity index is 289. The van der Waals surface area contributed by atoms with Crippen molar-refractivity contribution in [1.82, 2.24) is 10.4 Å². The summed E-state index contributed by atoms with van der Waals surface area (Å²) in [6, 6.07) is 0.333. The van der Waals surface area contributed by atoms with Crippen molar-refractivity contribution in [2.75, 3.05) is 0 Å². The van der Waals surface area contributed by atoms with E-state index in [2.05, 4.69) is 38.1 Å². The number of hydrogen-bond acceptors (Lipinski definition) is 4. The van der Waals surface area contributed by atoms with Crippen LogP contribution in [0, 0.1) is 19.8 Å². The highest BCUT2D eigenvalue weighted by Gasteiger charge is 2.16. The molecule has 86 valence electrons. The maximum atomic E-state index is 5.57. The van der Waals surface area contributed by atoms with Gasteiger partial charge in [0.05, 0.1) is 10.7 Å². The summed E-state index contributed by atoms with van der Waals surface area (Å²) < 4.78 is 0. The summed E-state index contributed by atoms with van der Waals surface area (Å²) in [6.45, 7) is 8.58. The molecule has 1 aromatic rings. The molecule has 0 radical (unpaired) electrons. The van der Waals surface area contributed by atoms with Crippen molar-refractivity contribution in [3.05, 3.63) is 15.6 Å². The Hall–Kier alpha value is -0.450. The van der Waals surface area contributed by atoms with Crippen molar-refractivity contribution >= 4 is 11.3 Å². The fourth-order valence-corrected chi connectivity index (χ4v) is 2.52. The smallest absolute Gasteiger partial charge is 0.0947 e.